The molecule has 1 fully saturated rings. The number of carbonyl (C=O) groups is 1. The average molecular weight is 431 g/mol. The lowest BCUT2D eigenvalue weighted by Crippen LogP contribution is -2.42. The number of sulfone groups is 1. The molecule has 2 aromatic carbocycles. The quantitative estimate of drug-likeness (QED) is 0.690. The van der Waals surface area contributed by atoms with Gasteiger partial charge in [0.05, 0.1) is 22.9 Å². The monoisotopic (exact) mass is 430 g/mol. The molecule has 0 radical (unpaired) electrons. The lowest BCUT2D eigenvalue weighted by atomic mass is 10.1. The summed E-state index contributed by atoms with van der Waals surface area (Å²) in [6.45, 7) is 3.22. The number of amides is 1. The van der Waals surface area contributed by atoms with Gasteiger partial charge in [0.25, 0.3) is 0 Å². The first-order chi connectivity index (χ1) is 14.0. The largest absolute Gasteiger partial charge is 0.339 e. The van der Waals surface area contributed by atoms with Crippen molar-refractivity contribution in [2.75, 3.05) is 29.5 Å². The highest BCUT2D eigenvalue weighted by molar-refractivity contribution is 7.99. The van der Waals surface area contributed by atoms with Gasteiger partial charge in [0, 0.05) is 35.3 Å². The Hall–Kier alpha value is -1.99. The van der Waals surface area contributed by atoms with Gasteiger partial charge in [-0.1, -0.05) is 43.0 Å². The standard InChI is InChI=1S/C22H26N2O3S2/c1-2-13-23(17-12-15-29(26,27)16-17)22(25)11-14-24-18-7-3-5-9-20(18)28-21-10-6-4-8-19(21)24/h3-10,17H,2,11-16H2,1H3. The van der Waals surface area contributed by atoms with Crippen LogP contribution in [0.4, 0.5) is 11.4 Å². The molecule has 0 aromatic heterocycles. The Bertz CT molecular complexity index is 961. The van der Waals surface area contributed by atoms with E-state index in [-0.39, 0.29) is 23.5 Å². The minimum atomic E-state index is -3.01. The molecular weight excluding hydrogens is 404 g/mol. The van der Waals surface area contributed by atoms with Crippen molar-refractivity contribution in [1.82, 2.24) is 4.90 Å². The van der Waals surface area contributed by atoms with Crippen LogP contribution in [-0.2, 0) is 14.6 Å². The number of anilines is 2. The van der Waals surface area contributed by atoms with Crippen LogP contribution in [0.1, 0.15) is 26.2 Å². The van der Waals surface area contributed by atoms with Gasteiger partial charge in [-0.3, -0.25) is 4.79 Å². The third kappa shape index (κ3) is 4.31. The summed E-state index contributed by atoms with van der Waals surface area (Å²) in [7, 11) is -3.01. The molecule has 4 rings (SSSR count). The van der Waals surface area contributed by atoms with Gasteiger partial charge in [-0.25, -0.2) is 8.42 Å². The predicted octanol–water partition coefficient (Wildman–Crippen LogP) is 4.11. The molecule has 1 saturated heterocycles. The molecule has 0 spiro atoms. The zero-order valence-electron chi connectivity index (χ0n) is 16.6. The van der Waals surface area contributed by atoms with Gasteiger partial charge in [-0.15, -0.1) is 0 Å². The number of benzene rings is 2. The molecule has 2 aliphatic rings. The number of hydrogen-bond acceptors (Lipinski definition) is 5. The van der Waals surface area contributed by atoms with E-state index in [4.69, 9.17) is 0 Å². The van der Waals surface area contributed by atoms with Gasteiger partial charge in [-0.2, -0.15) is 0 Å². The summed E-state index contributed by atoms with van der Waals surface area (Å²) in [6, 6.07) is 16.3. The summed E-state index contributed by atoms with van der Waals surface area (Å²) >= 11 is 1.75. The molecule has 29 heavy (non-hydrogen) atoms. The Balaban J connectivity index is 1.53. The van der Waals surface area contributed by atoms with Gasteiger partial charge in [-0.05, 0) is 37.1 Å². The van der Waals surface area contributed by atoms with Crippen LogP contribution in [0.2, 0.25) is 0 Å². The second-order valence-electron chi connectivity index (χ2n) is 7.58. The summed E-state index contributed by atoms with van der Waals surface area (Å²) < 4.78 is 23.8. The molecule has 154 valence electrons. The van der Waals surface area contributed by atoms with E-state index in [9.17, 15) is 13.2 Å². The van der Waals surface area contributed by atoms with E-state index in [1.165, 1.54) is 9.79 Å². The molecular formula is C22H26N2O3S2. The van der Waals surface area contributed by atoms with Gasteiger partial charge < -0.3 is 9.80 Å². The lowest BCUT2D eigenvalue weighted by Gasteiger charge is -2.34. The number of nitrogens with zero attached hydrogens (tertiary/aromatic N) is 2. The van der Waals surface area contributed by atoms with Gasteiger partial charge >= 0.3 is 0 Å². The summed E-state index contributed by atoms with van der Waals surface area (Å²) in [6.07, 6.45) is 1.75. The molecule has 1 amide bonds. The van der Waals surface area contributed by atoms with Gasteiger partial charge in [0.1, 0.15) is 0 Å². The van der Waals surface area contributed by atoms with Crippen LogP contribution in [0.5, 0.6) is 0 Å². The van der Waals surface area contributed by atoms with Gasteiger partial charge in [0.15, 0.2) is 9.84 Å². The van der Waals surface area contributed by atoms with Crippen molar-refractivity contribution < 1.29 is 13.2 Å². The first-order valence-electron chi connectivity index (χ1n) is 10.1. The molecule has 2 heterocycles. The predicted molar refractivity (Wildman–Crippen MR) is 118 cm³/mol. The summed E-state index contributed by atoms with van der Waals surface area (Å²) in [5, 5.41) is 0. The smallest absolute Gasteiger partial charge is 0.224 e. The fourth-order valence-electron chi connectivity index (χ4n) is 4.15. The number of fused-ring (bicyclic) bond motifs is 2. The minimum absolute atomic E-state index is 0.0436. The number of carbonyl (C=O) groups excluding carboxylic acids is 1. The molecule has 5 nitrogen and oxygen atoms in total. The summed E-state index contributed by atoms with van der Waals surface area (Å²) in [5.74, 6) is 0.335. The van der Waals surface area contributed by atoms with Crippen molar-refractivity contribution in [3.8, 4) is 0 Å². The van der Waals surface area contributed by atoms with Crippen molar-refractivity contribution in [3.05, 3.63) is 48.5 Å². The third-order valence-corrected chi connectivity index (χ3v) is 8.40. The Morgan fingerprint density at radius 1 is 1.10 bits per heavy atom. The van der Waals surface area contributed by atoms with Crippen LogP contribution >= 0.6 is 11.8 Å². The molecule has 1 atom stereocenters. The topological polar surface area (TPSA) is 57.7 Å². The van der Waals surface area contributed by atoms with E-state index in [1.54, 1.807) is 16.7 Å². The molecule has 2 aliphatic heterocycles. The number of para-hydroxylation sites is 2. The third-order valence-electron chi connectivity index (χ3n) is 5.52. The minimum Gasteiger partial charge on any atom is -0.339 e. The first-order valence-corrected chi connectivity index (χ1v) is 12.8. The second-order valence-corrected chi connectivity index (χ2v) is 10.9. The molecule has 1 unspecified atom stereocenters. The zero-order valence-corrected chi connectivity index (χ0v) is 18.2. The van der Waals surface area contributed by atoms with E-state index in [2.05, 4.69) is 29.2 Å². The van der Waals surface area contributed by atoms with Crippen molar-refractivity contribution in [2.24, 2.45) is 0 Å². The maximum atomic E-state index is 13.1. The fourth-order valence-corrected chi connectivity index (χ4v) is 6.97. The van der Waals surface area contributed by atoms with Crippen LogP contribution < -0.4 is 4.90 Å². The van der Waals surface area contributed by atoms with Crippen LogP contribution in [0.3, 0.4) is 0 Å². The molecule has 0 bridgehead atoms. The van der Waals surface area contributed by atoms with Crippen molar-refractivity contribution in [1.29, 1.82) is 0 Å². The highest BCUT2D eigenvalue weighted by atomic mass is 32.2. The molecule has 0 N–H and O–H groups in total. The summed E-state index contributed by atoms with van der Waals surface area (Å²) in [5.41, 5.74) is 2.24. The van der Waals surface area contributed by atoms with E-state index in [0.717, 1.165) is 17.8 Å². The van der Waals surface area contributed by atoms with E-state index in [0.29, 0.717) is 25.9 Å². The van der Waals surface area contributed by atoms with E-state index >= 15 is 0 Å². The van der Waals surface area contributed by atoms with Crippen molar-refractivity contribution in [2.45, 2.75) is 42.0 Å². The van der Waals surface area contributed by atoms with Crippen molar-refractivity contribution >= 4 is 38.9 Å². The molecule has 2 aromatic rings. The number of rotatable bonds is 6. The zero-order chi connectivity index (χ0) is 20.4. The van der Waals surface area contributed by atoms with Crippen LogP contribution in [0.25, 0.3) is 0 Å². The Kier molecular flexibility index (Phi) is 5.88. The summed E-state index contributed by atoms with van der Waals surface area (Å²) in [4.78, 5) is 19.5. The Morgan fingerprint density at radius 2 is 1.72 bits per heavy atom. The number of hydrogen-bond donors (Lipinski definition) is 0. The Morgan fingerprint density at radius 3 is 2.28 bits per heavy atom. The highest BCUT2D eigenvalue weighted by Crippen LogP contribution is 2.47. The SMILES string of the molecule is CCCN(C(=O)CCN1c2ccccc2Sc2ccccc21)C1CCS(=O)(=O)C1. The van der Waals surface area contributed by atoms with Gasteiger partial charge in [0.2, 0.25) is 5.91 Å². The van der Waals surface area contributed by atoms with Crippen LogP contribution in [-0.4, -0.2) is 49.9 Å². The second kappa shape index (κ2) is 8.40. The highest BCUT2D eigenvalue weighted by Gasteiger charge is 2.34. The van der Waals surface area contributed by atoms with Crippen molar-refractivity contribution in [3.63, 3.8) is 0 Å². The average Bonchev–Trinajstić information content (AvgIpc) is 3.08. The Labute approximate surface area is 177 Å². The maximum Gasteiger partial charge on any atom is 0.224 e. The fraction of sp³-hybridized carbons (Fsp3) is 0.409. The normalized spacial score (nSPS) is 19.5. The van der Waals surface area contributed by atoms with E-state index < -0.39 is 9.84 Å². The molecule has 0 saturated carbocycles. The van der Waals surface area contributed by atoms with E-state index in [1.807, 2.05) is 31.2 Å². The molecule has 0 aliphatic carbocycles. The molecule has 7 heteroatoms. The van der Waals surface area contributed by atoms with Crippen LogP contribution in [0, 0.1) is 0 Å². The first kappa shape index (κ1) is 20.3. The van der Waals surface area contributed by atoms with Crippen LogP contribution in [0.15, 0.2) is 58.3 Å². The maximum absolute atomic E-state index is 13.1. The lowest BCUT2D eigenvalue weighted by molar-refractivity contribution is -0.132.